The molecule has 2 nitrogen and oxygen atoms in total. The van der Waals surface area contributed by atoms with E-state index in [0.29, 0.717) is 0 Å². The summed E-state index contributed by atoms with van der Waals surface area (Å²) in [5.74, 6) is 0.847. The smallest absolute Gasteiger partial charge is 0.127 e. The molecule has 14 heavy (non-hydrogen) atoms. The van der Waals surface area contributed by atoms with Crippen LogP contribution in [0.15, 0.2) is 15.7 Å². The molecule has 0 aromatic carbocycles. The Morgan fingerprint density at radius 3 is 2.71 bits per heavy atom. The summed E-state index contributed by atoms with van der Waals surface area (Å²) in [6.07, 6.45) is 5.43. The maximum Gasteiger partial charge on any atom is 0.127 e. The van der Waals surface area contributed by atoms with Gasteiger partial charge in [0.1, 0.15) is 15.5 Å². The molecule has 0 radical (unpaired) electrons. The molecule has 0 N–H and O–H groups in total. The van der Waals surface area contributed by atoms with Crippen LogP contribution in [0.2, 0.25) is 0 Å². The van der Waals surface area contributed by atoms with Gasteiger partial charge in [-0.25, -0.2) is 9.97 Å². The lowest BCUT2D eigenvalue weighted by Gasteiger charge is -2.07. The fourth-order valence-electron chi connectivity index (χ4n) is 1.74. The summed E-state index contributed by atoms with van der Waals surface area (Å²) in [6, 6.07) is 2.01. The van der Waals surface area contributed by atoms with E-state index in [1.54, 1.807) is 0 Å². The number of hydrogen-bond acceptors (Lipinski definition) is 3. The van der Waals surface area contributed by atoms with Crippen LogP contribution in [0.5, 0.6) is 0 Å². The number of rotatable bonds is 2. The van der Waals surface area contributed by atoms with E-state index in [-0.39, 0.29) is 0 Å². The topological polar surface area (TPSA) is 25.8 Å². The minimum Gasteiger partial charge on any atom is -0.227 e. The van der Waals surface area contributed by atoms with Crippen molar-refractivity contribution in [2.24, 2.45) is 0 Å². The molecule has 0 unspecified atom stereocenters. The van der Waals surface area contributed by atoms with E-state index in [0.717, 1.165) is 20.7 Å². The Kier molecular flexibility index (Phi) is 3.44. The zero-order chi connectivity index (χ0) is 9.97. The molecule has 2 rings (SSSR count). The van der Waals surface area contributed by atoms with Crippen molar-refractivity contribution in [1.29, 1.82) is 0 Å². The minimum atomic E-state index is 0.774. The van der Waals surface area contributed by atoms with Gasteiger partial charge in [0, 0.05) is 11.3 Å². The zero-order valence-electron chi connectivity index (χ0n) is 8.16. The highest BCUT2D eigenvalue weighted by Gasteiger charge is 2.17. The van der Waals surface area contributed by atoms with Crippen molar-refractivity contribution in [2.75, 3.05) is 0 Å². The summed E-state index contributed by atoms with van der Waals surface area (Å²) in [6.45, 7) is 1.93. The average molecular weight is 273 g/mol. The maximum atomic E-state index is 4.42. The normalized spacial score (nSPS) is 17.6. The van der Waals surface area contributed by atoms with Gasteiger partial charge in [0.2, 0.25) is 0 Å². The van der Waals surface area contributed by atoms with E-state index in [2.05, 4.69) is 25.9 Å². The third kappa shape index (κ3) is 2.70. The third-order valence-corrected chi connectivity index (χ3v) is 4.03. The standard InChI is InChI=1S/C10H13BrN2S/c1-7-12-9(11)6-10(13-7)14-8-4-2-3-5-8/h6,8H,2-5H2,1H3. The van der Waals surface area contributed by atoms with Crippen LogP contribution in [0.3, 0.4) is 0 Å². The molecule has 1 aliphatic carbocycles. The Labute approximate surface area is 97.0 Å². The average Bonchev–Trinajstić information content (AvgIpc) is 2.54. The maximum absolute atomic E-state index is 4.42. The molecule has 1 fully saturated rings. The number of aromatic nitrogens is 2. The summed E-state index contributed by atoms with van der Waals surface area (Å²) in [5.41, 5.74) is 0. The second-order valence-corrected chi connectivity index (χ2v) is 5.73. The van der Waals surface area contributed by atoms with Gasteiger partial charge >= 0.3 is 0 Å². The van der Waals surface area contributed by atoms with Crippen LogP contribution < -0.4 is 0 Å². The molecule has 0 saturated heterocycles. The van der Waals surface area contributed by atoms with Crippen molar-refractivity contribution in [3.05, 3.63) is 16.5 Å². The number of nitrogens with zero attached hydrogens (tertiary/aromatic N) is 2. The van der Waals surface area contributed by atoms with Gasteiger partial charge in [0.05, 0.1) is 0 Å². The highest BCUT2D eigenvalue weighted by molar-refractivity contribution is 9.10. The van der Waals surface area contributed by atoms with E-state index < -0.39 is 0 Å². The third-order valence-electron chi connectivity index (χ3n) is 2.37. The van der Waals surface area contributed by atoms with Crippen LogP contribution >= 0.6 is 27.7 Å². The Bertz CT molecular complexity index is 304. The fraction of sp³-hybridized carbons (Fsp3) is 0.600. The summed E-state index contributed by atoms with van der Waals surface area (Å²) in [7, 11) is 0. The summed E-state index contributed by atoms with van der Waals surface area (Å²) >= 11 is 5.30. The fourth-order valence-corrected chi connectivity index (χ4v) is 3.64. The number of halogens is 1. The van der Waals surface area contributed by atoms with Gasteiger partial charge < -0.3 is 0 Å². The second kappa shape index (κ2) is 4.62. The number of aryl methyl sites for hydroxylation is 1. The minimum absolute atomic E-state index is 0.774. The van der Waals surface area contributed by atoms with Crippen molar-refractivity contribution in [3.8, 4) is 0 Å². The van der Waals surface area contributed by atoms with Gasteiger partial charge in [0.25, 0.3) is 0 Å². The van der Waals surface area contributed by atoms with Crippen molar-refractivity contribution >= 4 is 27.7 Å². The van der Waals surface area contributed by atoms with Crippen LogP contribution in [0, 0.1) is 6.92 Å². The lowest BCUT2D eigenvalue weighted by molar-refractivity contribution is 0.886. The molecule has 0 atom stereocenters. The van der Waals surface area contributed by atoms with E-state index in [1.165, 1.54) is 25.7 Å². The Morgan fingerprint density at radius 2 is 2.07 bits per heavy atom. The quantitative estimate of drug-likeness (QED) is 0.770. The molecule has 1 aromatic heterocycles. The van der Waals surface area contributed by atoms with E-state index in [1.807, 2.05) is 24.8 Å². The summed E-state index contributed by atoms with van der Waals surface area (Å²) < 4.78 is 0.894. The predicted octanol–water partition coefficient (Wildman–Crippen LogP) is 3.58. The highest BCUT2D eigenvalue weighted by Crippen LogP contribution is 2.34. The van der Waals surface area contributed by atoms with Crippen molar-refractivity contribution in [2.45, 2.75) is 42.9 Å². The zero-order valence-corrected chi connectivity index (χ0v) is 10.6. The molecule has 1 saturated carbocycles. The van der Waals surface area contributed by atoms with Gasteiger partial charge in [0.15, 0.2) is 0 Å². The first kappa shape index (κ1) is 10.4. The molecular weight excluding hydrogens is 260 g/mol. The lowest BCUT2D eigenvalue weighted by Crippen LogP contribution is -1.97. The summed E-state index contributed by atoms with van der Waals surface area (Å²) in [4.78, 5) is 8.62. The van der Waals surface area contributed by atoms with Gasteiger partial charge in [-0.05, 0) is 35.7 Å². The van der Waals surface area contributed by atoms with Crippen molar-refractivity contribution in [3.63, 3.8) is 0 Å². The van der Waals surface area contributed by atoms with Gasteiger partial charge in [-0.3, -0.25) is 0 Å². The van der Waals surface area contributed by atoms with E-state index >= 15 is 0 Å². The van der Waals surface area contributed by atoms with Crippen LogP contribution in [-0.2, 0) is 0 Å². The van der Waals surface area contributed by atoms with Gasteiger partial charge in [-0.2, -0.15) is 0 Å². The molecule has 0 bridgehead atoms. The molecule has 1 aliphatic rings. The molecule has 0 amide bonds. The first-order valence-electron chi connectivity index (χ1n) is 4.92. The lowest BCUT2D eigenvalue weighted by atomic mass is 10.4. The first-order chi connectivity index (χ1) is 6.74. The Balaban J connectivity index is 2.07. The van der Waals surface area contributed by atoms with Crippen molar-refractivity contribution in [1.82, 2.24) is 9.97 Å². The van der Waals surface area contributed by atoms with Crippen LogP contribution in [-0.4, -0.2) is 15.2 Å². The molecule has 1 heterocycles. The Morgan fingerprint density at radius 1 is 1.36 bits per heavy atom. The van der Waals surface area contributed by atoms with E-state index in [9.17, 15) is 0 Å². The molecule has 4 heteroatoms. The molecule has 0 aliphatic heterocycles. The van der Waals surface area contributed by atoms with Gasteiger partial charge in [-0.1, -0.05) is 12.8 Å². The molecule has 1 aromatic rings. The number of hydrogen-bond donors (Lipinski definition) is 0. The van der Waals surface area contributed by atoms with Crippen LogP contribution in [0.4, 0.5) is 0 Å². The van der Waals surface area contributed by atoms with Crippen molar-refractivity contribution < 1.29 is 0 Å². The van der Waals surface area contributed by atoms with Crippen LogP contribution in [0.25, 0.3) is 0 Å². The SMILES string of the molecule is Cc1nc(Br)cc(SC2CCCC2)n1. The predicted molar refractivity (Wildman–Crippen MR) is 62.6 cm³/mol. The number of thioether (sulfide) groups is 1. The molecule has 76 valence electrons. The monoisotopic (exact) mass is 272 g/mol. The van der Waals surface area contributed by atoms with Gasteiger partial charge in [-0.15, -0.1) is 11.8 Å². The highest BCUT2D eigenvalue weighted by atomic mass is 79.9. The Hall–Kier alpha value is -0.0900. The largest absolute Gasteiger partial charge is 0.227 e. The summed E-state index contributed by atoms with van der Waals surface area (Å²) in [5, 5.41) is 1.88. The second-order valence-electron chi connectivity index (χ2n) is 3.60. The molecule has 0 spiro atoms. The van der Waals surface area contributed by atoms with Crippen LogP contribution in [0.1, 0.15) is 31.5 Å². The first-order valence-corrected chi connectivity index (χ1v) is 6.59. The molecular formula is C10H13BrN2S. The van der Waals surface area contributed by atoms with E-state index in [4.69, 9.17) is 0 Å².